The molecule has 19 heavy (non-hydrogen) atoms. The highest BCUT2D eigenvalue weighted by atomic mass is 32.1. The molecule has 0 aliphatic heterocycles. The second kappa shape index (κ2) is 6.12. The Labute approximate surface area is 116 Å². The summed E-state index contributed by atoms with van der Waals surface area (Å²) in [6, 6.07) is 4.40. The predicted molar refractivity (Wildman–Crippen MR) is 75.1 cm³/mol. The third-order valence-corrected chi connectivity index (χ3v) is 3.89. The molecule has 1 aromatic heterocycles. The normalized spacial score (nSPS) is 12.4. The first-order valence-corrected chi connectivity index (χ1v) is 7.03. The van der Waals surface area contributed by atoms with Gasteiger partial charge >= 0.3 is 0 Å². The molecule has 0 aliphatic rings. The van der Waals surface area contributed by atoms with Gasteiger partial charge in [0, 0.05) is 22.9 Å². The van der Waals surface area contributed by atoms with E-state index in [2.05, 4.69) is 4.98 Å². The second-order valence-corrected chi connectivity index (χ2v) is 5.34. The number of hydrogen-bond acceptors (Lipinski definition) is 4. The lowest BCUT2D eigenvalue weighted by molar-refractivity contribution is 0.315. The number of nitrogens with two attached hydrogens (primary N) is 1. The molecule has 2 N–H and O–H groups in total. The Morgan fingerprint density at radius 1 is 1.47 bits per heavy atom. The van der Waals surface area contributed by atoms with Crippen LogP contribution in [0.15, 0.2) is 23.7 Å². The van der Waals surface area contributed by atoms with Crippen molar-refractivity contribution in [1.82, 2.24) is 4.98 Å². The molecule has 0 fully saturated rings. The van der Waals surface area contributed by atoms with Gasteiger partial charge in [0.1, 0.15) is 11.6 Å². The smallest absolute Gasteiger partial charge is 0.131 e. The van der Waals surface area contributed by atoms with E-state index in [-0.39, 0.29) is 11.9 Å². The molecule has 0 unspecified atom stereocenters. The Morgan fingerprint density at radius 2 is 2.26 bits per heavy atom. The maximum Gasteiger partial charge on any atom is 0.131 e. The topological polar surface area (TPSA) is 48.1 Å². The summed E-state index contributed by atoms with van der Waals surface area (Å²) in [4.78, 5) is 5.38. The van der Waals surface area contributed by atoms with Gasteiger partial charge in [-0.15, -0.1) is 11.3 Å². The summed E-state index contributed by atoms with van der Waals surface area (Å²) in [6.07, 6.45) is 0.769. The average molecular weight is 280 g/mol. The molecular formula is C14H17FN2OS. The Balaban J connectivity index is 2.04. The van der Waals surface area contributed by atoms with Gasteiger partial charge in [0.15, 0.2) is 0 Å². The quantitative estimate of drug-likeness (QED) is 0.914. The van der Waals surface area contributed by atoms with Crippen molar-refractivity contribution in [2.24, 2.45) is 5.73 Å². The number of aryl methyl sites for hydroxylation is 1. The van der Waals surface area contributed by atoms with Crippen LogP contribution in [0.25, 0.3) is 0 Å². The van der Waals surface area contributed by atoms with Crippen molar-refractivity contribution >= 4 is 11.3 Å². The lowest BCUT2D eigenvalue weighted by atomic mass is 10.1. The number of halogens is 1. The van der Waals surface area contributed by atoms with Gasteiger partial charge in [-0.25, -0.2) is 9.37 Å². The Bertz CT molecular complexity index is 554. The number of aromatic nitrogens is 1. The average Bonchev–Trinajstić information content (AvgIpc) is 2.75. The SMILES string of the molecule is Cc1ncsc1CCOc1cccc(F)c1[C@@H](C)N. The zero-order valence-corrected chi connectivity index (χ0v) is 11.8. The molecule has 0 radical (unpaired) electrons. The highest BCUT2D eigenvalue weighted by Crippen LogP contribution is 2.26. The number of ether oxygens (including phenoxy) is 1. The molecule has 1 heterocycles. The van der Waals surface area contributed by atoms with Crippen LogP contribution >= 0.6 is 11.3 Å². The van der Waals surface area contributed by atoms with Gasteiger partial charge in [0.2, 0.25) is 0 Å². The minimum absolute atomic E-state index is 0.318. The molecule has 2 rings (SSSR count). The van der Waals surface area contributed by atoms with Crippen molar-refractivity contribution in [3.63, 3.8) is 0 Å². The molecule has 102 valence electrons. The van der Waals surface area contributed by atoms with Crippen LogP contribution in [0.2, 0.25) is 0 Å². The lowest BCUT2D eigenvalue weighted by Gasteiger charge is -2.14. The zero-order chi connectivity index (χ0) is 13.8. The monoisotopic (exact) mass is 280 g/mol. The number of benzene rings is 1. The molecule has 2 aromatic rings. The van der Waals surface area contributed by atoms with Crippen molar-refractivity contribution in [1.29, 1.82) is 0 Å². The van der Waals surface area contributed by atoms with Crippen LogP contribution in [-0.4, -0.2) is 11.6 Å². The first-order valence-electron chi connectivity index (χ1n) is 6.15. The van der Waals surface area contributed by atoms with E-state index in [0.29, 0.717) is 17.9 Å². The third-order valence-electron chi connectivity index (χ3n) is 2.90. The van der Waals surface area contributed by atoms with Gasteiger partial charge in [-0.3, -0.25) is 0 Å². The molecule has 0 saturated carbocycles. The van der Waals surface area contributed by atoms with Crippen LogP contribution in [0.4, 0.5) is 4.39 Å². The van der Waals surface area contributed by atoms with E-state index in [1.807, 2.05) is 12.4 Å². The Hall–Kier alpha value is -1.46. The fourth-order valence-electron chi connectivity index (χ4n) is 1.90. The van der Waals surface area contributed by atoms with Gasteiger partial charge in [-0.2, -0.15) is 0 Å². The Morgan fingerprint density at radius 3 is 2.89 bits per heavy atom. The number of thiazole rings is 1. The summed E-state index contributed by atoms with van der Waals surface area (Å²) in [5, 5.41) is 0. The molecule has 0 saturated heterocycles. The zero-order valence-electron chi connectivity index (χ0n) is 11.0. The van der Waals surface area contributed by atoms with E-state index in [0.717, 1.165) is 12.1 Å². The van der Waals surface area contributed by atoms with Gasteiger partial charge in [0.25, 0.3) is 0 Å². The van der Waals surface area contributed by atoms with E-state index in [1.165, 1.54) is 10.9 Å². The molecular weight excluding hydrogens is 263 g/mol. The number of hydrogen-bond donors (Lipinski definition) is 1. The second-order valence-electron chi connectivity index (χ2n) is 4.40. The van der Waals surface area contributed by atoms with E-state index in [1.54, 1.807) is 30.4 Å². The minimum atomic E-state index is -0.388. The van der Waals surface area contributed by atoms with Crippen LogP contribution in [0.1, 0.15) is 29.1 Å². The maximum absolute atomic E-state index is 13.7. The largest absolute Gasteiger partial charge is 0.493 e. The summed E-state index contributed by atoms with van der Waals surface area (Å²) in [5.74, 6) is 0.207. The highest BCUT2D eigenvalue weighted by molar-refractivity contribution is 7.09. The standard InChI is InChI=1S/C14H17FN2OS/c1-9(16)14-11(15)4-3-5-12(14)18-7-6-13-10(2)17-8-19-13/h3-5,8-9H,6-7,16H2,1-2H3/t9-/m1/s1. The van der Waals surface area contributed by atoms with Gasteiger partial charge in [0.05, 0.1) is 17.8 Å². The fraction of sp³-hybridized carbons (Fsp3) is 0.357. The number of rotatable bonds is 5. The molecule has 0 bridgehead atoms. The van der Waals surface area contributed by atoms with Gasteiger partial charge in [-0.05, 0) is 26.0 Å². The molecule has 0 spiro atoms. The maximum atomic E-state index is 13.7. The summed E-state index contributed by atoms with van der Waals surface area (Å²) in [6.45, 7) is 4.21. The van der Waals surface area contributed by atoms with Crippen LogP contribution in [0.5, 0.6) is 5.75 Å². The van der Waals surface area contributed by atoms with Crippen molar-refractivity contribution in [3.8, 4) is 5.75 Å². The Kier molecular flexibility index (Phi) is 4.50. The fourth-order valence-corrected chi connectivity index (χ4v) is 2.67. The van der Waals surface area contributed by atoms with Gasteiger partial charge < -0.3 is 10.5 Å². The van der Waals surface area contributed by atoms with E-state index in [4.69, 9.17) is 10.5 Å². The third kappa shape index (κ3) is 3.30. The van der Waals surface area contributed by atoms with E-state index in [9.17, 15) is 4.39 Å². The minimum Gasteiger partial charge on any atom is -0.493 e. The van der Waals surface area contributed by atoms with E-state index >= 15 is 0 Å². The van der Waals surface area contributed by atoms with Crippen LogP contribution in [-0.2, 0) is 6.42 Å². The molecule has 1 atom stereocenters. The van der Waals surface area contributed by atoms with Crippen molar-refractivity contribution in [2.75, 3.05) is 6.61 Å². The first-order chi connectivity index (χ1) is 9.09. The van der Waals surface area contributed by atoms with Crippen molar-refractivity contribution in [2.45, 2.75) is 26.3 Å². The van der Waals surface area contributed by atoms with Gasteiger partial charge in [-0.1, -0.05) is 6.07 Å². The summed E-state index contributed by atoms with van der Waals surface area (Å²) < 4.78 is 19.4. The van der Waals surface area contributed by atoms with E-state index < -0.39 is 0 Å². The summed E-state index contributed by atoms with van der Waals surface area (Å²) in [5.41, 5.74) is 9.06. The van der Waals surface area contributed by atoms with Crippen molar-refractivity contribution in [3.05, 3.63) is 45.7 Å². The molecule has 0 aliphatic carbocycles. The highest BCUT2D eigenvalue weighted by Gasteiger charge is 2.13. The van der Waals surface area contributed by atoms with Crippen LogP contribution in [0, 0.1) is 12.7 Å². The molecule has 3 nitrogen and oxygen atoms in total. The first kappa shape index (κ1) is 14.0. The molecule has 0 amide bonds. The van der Waals surface area contributed by atoms with Crippen LogP contribution in [0.3, 0.4) is 0 Å². The molecule has 1 aromatic carbocycles. The summed E-state index contributed by atoms with van der Waals surface area (Å²) in [7, 11) is 0. The number of nitrogens with zero attached hydrogens (tertiary/aromatic N) is 1. The predicted octanol–water partition coefficient (Wildman–Crippen LogP) is 3.23. The lowest BCUT2D eigenvalue weighted by Crippen LogP contribution is -2.11. The van der Waals surface area contributed by atoms with Crippen LogP contribution < -0.4 is 10.5 Å². The van der Waals surface area contributed by atoms with Crippen molar-refractivity contribution < 1.29 is 9.13 Å². The summed E-state index contributed by atoms with van der Waals surface area (Å²) >= 11 is 1.61. The molecule has 5 heteroatoms.